The Balaban J connectivity index is 2.03. The van der Waals surface area contributed by atoms with Crippen molar-refractivity contribution in [3.05, 3.63) is 41.4 Å². The van der Waals surface area contributed by atoms with E-state index in [4.69, 9.17) is 21.3 Å². The van der Waals surface area contributed by atoms with Crippen LogP contribution in [0.5, 0.6) is 5.75 Å². The summed E-state index contributed by atoms with van der Waals surface area (Å²) in [7, 11) is 1.67. The summed E-state index contributed by atoms with van der Waals surface area (Å²) in [5.41, 5.74) is 2.88. The zero-order valence-electron chi connectivity index (χ0n) is 13.5. The maximum absolute atomic E-state index is 10.1. The molecule has 1 aromatic heterocycles. The Hall–Kier alpha value is -2.04. The smallest absolute Gasteiger partial charge is 0.119 e. The van der Waals surface area contributed by atoms with Crippen LogP contribution in [0.15, 0.2) is 36.4 Å². The summed E-state index contributed by atoms with van der Waals surface area (Å²) < 4.78 is 5.40. The van der Waals surface area contributed by atoms with Crippen molar-refractivity contribution < 1.29 is 9.84 Å². The van der Waals surface area contributed by atoms with Crippen LogP contribution >= 0.6 is 11.6 Å². The first kappa shape index (κ1) is 15.5. The Morgan fingerprint density at radius 3 is 2.83 bits per heavy atom. The van der Waals surface area contributed by atoms with E-state index >= 15 is 0 Å². The summed E-state index contributed by atoms with van der Waals surface area (Å²) in [6.45, 7) is 1.55. The zero-order chi connectivity index (χ0) is 16.7. The van der Waals surface area contributed by atoms with E-state index in [1.165, 1.54) is 0 Å². The molecule has 0 radical (unpaired) electrons. The summed E-state index contributed by atoms with van der Waals surface area (Å²) in [4.78, 5) is 7.02. The molecule has 1 aliphatic heterocycles. The molecule has 24 heavy (non-hydrogen) atoms. The number of nitrogens with zero attached hydrogens (tertiary/aromatic N) is 2. The van der Waals surface area contributed by atoms with Gasteiger partial charge >= 0.3 is 0 Å². The minimum Gasteiger partial charge on any atom is -0.497 e. The number of β-amino-alcohol motifs (C(OH)–C–C–N with tert-alkyl or cyclic N) is 1. The summed E-state index contributed by atoms with van der Waals surface area (Å²) in [5.74, 6) is 0.802. The first-order valence-corrected chi connectivity index (χ1v) is 8.53. The molecular weight excluding hydrogens is 324 g/mol. The number of fused-ring (bicyclic) bond motifs is 2. The molecule has 0 aliphatic carbocycles. The molecule has 0 bridgehead atoms. The number of aliphatic hydroxyl groups excluding tert-OH is 1. The largest absolute Gasteiger partial charge is 0.497 e. The molecule has 0 saturated carbocycles. The van der Waals surface area contributed by atoms with Crippen LogP contribution in [0, 0.1) is 0 Å². The SMILES string of the molecule is COc1ccc2nc3cc(Cl)ccc3c(N3CCCC(O)C3)c2c1. The molecule has 2 aromatic carbocycles. The van der Waals surface area contributed by atoms with E-state index in [9.17, 15) is 5.11 Å². The van der Waals surface area contributed by atoms with Crippen molar-refractivity contribution in [2.75, 3.05) is 25.1 Å². The highest BCUT2D eigenvalue weighted by Gasteiger charge is 2.22. The van der Waals surface area contributed by atoms with Crippen molar-refractivity contribution in [1.29, 1.82) is 0 Å². The molecule has 1 unspecified atom stereocenters. The van der Waals surface area contributed by atoms with Gasteiger partial charge < -0.3 is 14.7 Å². The molecule has 124 valence electrons. The highest BCUT2D eigenvalue weighted by atomic mass is 35.5. The van der Waals surface area contributed by atoms with Crippen molar-refractivity contribution in [3.8, 4) is 5.75 Å². The molecule has 1 aliphatic rings. The van der Waals surface area contributed by atoms with Crippen LogP contribution in [-0.2, 0) is 0 Å². The number of halogens is 1. The fraction of sp³-hybridized carbons (Fsp3) is 0.316. The van der Waals surface area contributed by atoms with Crippen LogP contribution in [0.1, 0.15) is 12.8 Å². The van der Waals surface area contributed by atoms with Crippen LogP contribution in [0.4, 0.5) is 5.69 Å². The third kappa shape index (κ3) is 2.66. The Labute approximate surface area is 145 Å². The highest BCUT2D eigenvalue weighted by molar-refractivity contribution is 6.31. The van der Waals surface area contributed by atoms with Gasteiger partial charge in [0.2, 0.25) is 0 Å². The average molecular weight is 343 g/mol. The fourth-order valence-electron chi connectivity index (χ4n) is 3.50. The number of aliphatic hydroxyl groups is 1. The van der Waals surface area contributed by atoms with Gasteiger partial charge in [0.05, 0.1) is 29.9 Å². The van der Waals surface area contributed by atoms with Gasteiger partial charge in [-0.05, 0) is 49.2 Å². The zero-order valence-corrected chi connectivity index (χ0v) is 14.3. The fourth-order valence-corrected chi connectivity index (χ4v) is 3.67. The molecule has 0 amide bonds. The van der Waals surface area contributed by atoms with E-state index in [0.717, 1.165) is 52.6 Å². The molecule has 0 spiro atoms. The Kier molecular flexibility index (Phi) is 3.94. The Morgan fingerprint density at radius 2 is 2.04 bits per heavy atom. The minimum atomic E-state index is -0.296. The van der Waals surface area contributed by atoms with E-state index in [2.05, 4.69) is 4.90 Å². The topological polar surface area (TPSA) is 45.6 Å². The van der Waals surface area contributed by atoms with Crippen molar-refractivity contribution in [2.45, 2.75) is 18.9 Å². The van der Waals surface area contributed by atoms with Crippen molar-refractivity contribution in [2.24, 2.45) is 0 Å². The second-order valence-electron chi connectivity index (χ2n) is 6.25. The molecule has 4 nitrogen and oxygen atoms in total. The van der Waals surface area contributed by atoms with Crippen molar-refractivity contribution in [3.63, 3.8) is 0 Å². The number of methoxy groups -OCH3 is 1. The molecule has 1 N–H and O–H groups in total. The third-order valence-electron chi connectivity index (χ3n) is 4.63. The second-order valence-corrected chi connectivity index (χ2v) is 6.68. The highest BCUT2D eigenvalue weighted by Crippen LogP contribution is 2.37. The number of pyridine rings is 1. The lowest BCUT2D eigenvalue weighted by Gasteiger charge is -2.33. The van der Waals surface area contributed by atoms with Gasteiger partial charge in [-0.15, -0.1) is 0 Å². The van der Waals surface area contributed by atoms with Crippen molar-refractivity contribution in [1.82, 2.24) is 4.98 Å². The Morgan fingerprint density at radius 1 is 1.17 bits per heavy atom. The van der Waals surface area contributed by atoms with Gasteiger partial charge in [-0.1, -0.05) is 11.6 Å². The van der Waals surface area contributed by atoms with Gasteiger partial charge in [0.25, 0.3) is 0 Å². The molecule has 5 heteroatoms. The summed E-state index contributed by atoms with van der Waals surface area (Å²) in [5, 5.41) is 12.9. The normalized spacial score (nSPS) is 18.3. The van der Waals surface area contributed by atoms with E-state index in [1.54, 1.807) is 7.11 Å². The predicted octanol–water partition coefficient (Wildman–Crippen LogP) is 4.01. The van der Waals surface area contributed by atoms with Gasteiger partial charge in [0.1, 0.15) is 5.75 Å². The van der Waals surface area contributed by atoms with Gasteiger partial charge in [-0.2, -0.15) is 0 Å². The average Bonchev–Trinajstić information content (AvgIpc) is 2.59. The molecule has 1 fully saturated rings. The quantitative estimate of drug-likeness (QED) is 0.715. The number of anilines is 1. The van der Waals surface area contributed by atoms with Crippen LogP contribution in [-0.4, -0.2) is 36.4 Å². The molecule has 4 rings (SSSR count). The molecular formula is C19H19ClN2O2. The monoisotopic (exact) mass is 342 g/mol. The minimum absolute atomic E-state index is 0.296. The van der Waals surface area contributed by atoms with Crippen LogP contribution in [0.25, 0.3) is 21.8 Å². The number of ether oxygens (including phenoxy) is 1. The first-order valence-electron chi connectivity index (χ1n) is 8.16. The van der Waals surface area contributed by atoms with Gasteiger partial charge in [-0.3, -0.25) is 0 Å². The maximum atomic E-state index is 10.1. The summed E-state index contributed by atoms with van der Waals surface area (Å²) >= 11 is 6.17. The summed E-state index contributed by atoms with van der Waals surface area (Å²) in [6, 6.07) is 11.7. The Bertz CT molecular complexity index is 913. The van der Waals surface area contributed by atoms with Gasteiger partial charge in [0.15, 0.2) is 0 Å². The number of hydrogen-bond acceptors (Lipinski definition) is 4. The maximum Gasteiger partial charge on any atom is 0.119 e. The third-order valence-corrected chi connectivity index (χ3v) is 4.86. The molecule has 2 heterocycles. The molecule has 3 aromatic rings. The van der Waals surface area contributed by atoms with Crippen molar-refractivity contribution >= 4 is 39.1 Å². The standard InChI is InChI=1S/C19H19ClN2O2/c1-24-14-5-7-17-16(10-14)19(22-8-2-3-13(23)11-22)15-6-4-12(20)9-18(15)21-17/h4-7,9-10,13,23H,2-3,8,11H2,1H3. The number of aromatic nitrogens is 1. The number of benzene rings is 2. The number of rotatable bonds is 2. The van der Waals surface area contributed by atoms with E-state index < -0.39 is 0 Å². The number of piperidine rings is 1. The molecule has 1 saturated heterocycles. The molecule has 1 atom stereocenters. The lowest BCUT2D eigenvalue weighted by atomic mass is 10.0. The van der Waals surface area contributed by atoms with Crippen LogP contribution < -0.4 is 9.64 Å². The van der Waals surface area contributed by atoms with Crippen LogP contribution in [0.2, 0.25) is 5.02 Å². The van der Waals surface area contributed by atoms with E-state index in [0.29, 0.717) is 11.6 Å². The van der Waals surface area contributed by atoms with E-state index in [1.807, 2.05) is 36.4 Å². The summed E-state index contributed by atoms with van der Waals surface area (Å²) in [6.07, 6.45) is 1.53. The lowest BCUT2D eigenvalue weighted by Crippen LogP contribution is -2.38. The van der Waals surface area contributed by atoms with E-state index in [-0.39, 0.29) is 6.10 Å². The van der Waals surface area contributed by atoms with Gasteiger partial charge in [0, 0.05) is 28.9 Å². The predicted molar refractivity (Wildman–Crippen MR) is 98.3 cm³/mol. The van der Waals surface area contributed by atoms with Crippen LogP contribution in [0.3, 0.4) is 0 Å². The first-order chi connectivity index (χ1) is 11.7. The van der Waals surface area contributed by atoms with Gasteiger partial charge in [-0.25, -0.2) is 4.98 Å². The number of hydrogen-bond donors (Lipinski definition) is 1. The lowest BCUT2D eigenvalue weighted by molar-refractivity contribution is 0.154. The second kappa shape index (κ2) is 6.11.